The maximum atomic E-state index is 13.5. The number of aryl methyl sites for hydroxylation is 1. The van der Waals surface area contributed by atoms with Gasteiger partial charge in [0.1, 0.15) is 11.2 Å². The molecule has 5 aromatic rings. The monoisotopic (exact) mass is 474 g/mol. The minimum absolute atomic E-state index is 0.0159. The van der Waals surface area contributed by atoms with Crippen LogP contribution in [0.5, 0.6) is 0 Å². The molecule has 1 fully saturated rings. The Morgan fingerprint density at radius 2 is 2.12 bits per heavy atom. The number of thiophene rings is 1. The third kappa shape index (κ3) is 3.16. The highest BCUT2D eigenvalue weighted by Crippen LogP contribution is 2.38. The van der Waals surface area contributed by atoms with Gasteiger partial charge in [0.2, 0.25) is 0 Å². The van der Waals surface area contributed by atoms with E-state index in [1.165, 1.54) is 0 Å². The fourth-order valence-electron chi connectivity index (χ4n) is 4.56. The summed E-state index contributed by atoms with van der Waals surface area (Å²) in [4.78, 5) is 25.9. The van der Waals surface area contributed by atoms with E-state index in [1.807, 2.05) is 23.6 Å². The van der Waals surface area contributed by atoms with Crippen molar-refractivity contribution in [1.82, 2.24) is 29.7 Å². The molecule has 0 bridgehead atoms. The number of likely N-dealkylation sites (tertiary alicyclic amines) is 1. The third-order valence-electron chi connectivity index (χ3n) is 6.21. The lowest BCUT2D eigenvalue weighted by molar-refractivity contribution is 0.0792. The summed E-state index contributed by atoms with van der Waals surface area (Å²) in [6, 6.07) is 10.2. The first-order chi connectivity index (χ1) is 16.5. The van der Waals surface area contributed by atoms with Crippen LogP contribution in [0.4, 0.5) is 5.82 Å². The summed E-state index contributed by atoms with van der Waals surface area (Å²) in [5, 5.41) is 8.81. The largest absolute Gasteiger partial charge is 0.379 e. The highest BCUT2D eigenvalue weighted by Gasteiger charge is 2.30. The van der Waals surface area contributed by atoms with E-state index >= 15 is 0 Å². The number of pyridine rings is 1. The molecule has 0 aliphatic carbocycles. The average Bonchev–Trinajstić information content (AvgIpc) is 3.62. The van der Waals surface area contributed by atoms with Crippen LogP contribution in [-0.4, -0.2) is 54.8 Å². The lowest BCUT2D eigenvalue weighted by atomic mass is 10.1. The van der Waals surface area contributed by atoms with E-state index in [-0.39, 0.29) is 17.8 Å². The molecule has 1 saturated heterocycles. The van der Waals surface area contributed by atoms with E-state index in [9.17, 15) is 4.79 Å². The van der Waals surface area contributed by atoms with Crippen molar-refractivity contribution in [1.29, 1.82) is 0 Å². The van der Waals surface area contributed by atoms with Crippen LogP contribution in [0, 0.1) is 0 Å². The minimum Gasteiger partial charge on any atom is -0.379 e. The first-order valence-electron chi connectivity index (χ1n) is 11.1. The summed E-state index contributed by atoms with van der Waals surface area (Å²) in [6.45, 7) is 3.65. The number of nitrogen functional groups attached to an aromatic ring is 1. The van der Waals surface area contributed by atoms with Gasteiger partial charge in [-0.25, -0.2) is 9.61 Å². The first-order valence-corrected chi connectivity index (χ1v) is 11.9. The molecule has 5 heterocycles. The molecule has 1 amide bonds. The summed E-state index contributed by atoms with van der Waals surface area (Å²) >= 11 is 1.63. The predicted molar refractivity (Wildman–Crippen MR) is 130 cm³/mol. The van der Waals surface area contributed by atoms with Gasteiger partial charge < -0.3 is 20.9 Å². The zero-order valence-corrected chi connectivity index (χ0v) is 19.2. The molecular weight excluding hydrogens is 452 g/mol. The van der Waals surface area contributed by atoms with E-state index in [0.29, 0.717) is 53.4 Å². The number of rotatable bonds is 4. The van der Waals surface area contributed by atoms with Gasteiger partial charge in [-0.1, -0.05) is 18.2 Å². The van der Waals surface area contributed by atoms with Gasteiger partial charge in [-0.3, -0.25) is 9.78 Å². The zero-order valence-electron chi connectivity index (χ0n) is 18.4. The van der Waals surface area contributed by atoms with E-state index in [4.69, 9.17) is 26.1 Å². The SMILES string of the molecule is CCn1c(-c2nonc2N)nc2c(-c3cc4ccccc4s3)ncc(C(=O)N3CCC(N)C3)c21. The lowest BCUT2D eigenvalue weighted by Gasteiger charge is -2.17. The maximum Gasteiger partial charge on any atom is 0.257 e. The minimum atomic E-state index is -0.110. The van der Waals surface area contributed by atoms with E-state index in [1.54, 1.807) is 22.4 Å². The number of carbonyl (C=O) groups excluding carboxylic acids is 1. The summed E-state index contributed by atoms with van der Waals surface area (Å²) in [5.74, 6) is 0.513. The molecule has 0 spiro atoms. The Morgan fingerprint density at radius 3 is 2.82 bits per heavy atom. The summed E-state index contributed by atoms with van der Waals surface area (Å²) < 4.78 is 7.91. The topological polar surface area (TPSA) is 142 Å². The number of hydrogen-bond acceptors (Lipinski definition) is 9. The molecule has 1 atom stereocenters. The normalized spacial score (nSPS) is 16.2. The molecule has 0 radical (unpaired) electrons. The van der Waals surface area contributed by atoms with Crippen LogP contribution in [0.25, 0.3) is 43.2 Å². The number of imidazole rings is 1. The molecule has 6 rings (SSSR count). The number of fused-ring (bicyclic) bond motifs is 2. The molecule has 1 aromatic carbocycles. The van der Waals surface area contributed by atoms with Gasteiger partial charge in [-0.2, -0.15) is 0 Å². The van der Waals surface area contributed by atoms with Crippen molar-refractivity contribution in [3.8, 4) is 22.1 Å². The van der Waals surface area contributed by atoms with Crippen LogP contribution < -0.4 is 11.5 Å². The van der Waals surface area contributed by atoms with Crippen LogP contribution in [0.1, 0.15) is 23.7 Å². The van der Waals surface area contributed by atoms with E-state index in [2.05, 4.69) is 28.5 Å². The number of anilines is 1. The van der Waals surface area contributed by atoms with Gasteiger partial charge in [0, 0.05) is 36.6 Å². The van der Waals surface area contributed by atoms with Crippen molar-refractivity contribution in [2.24, 2.45) is 5.73 Å². The molecule has 10 nitrogen and oxygen atoms in total. The first kappa shape index (κ1) is 20.8. The molecular formula is C23H22N8O2S. The molecule has 0 saturated carbocycles. The molecule has 34 heavy (non-hydrogen) atoms. The fourth-order valence-corrected chi connectivity index (χ4v) is 5.62. The number of nitrogens with two attached hydrogens (primary N) is 2. The average molecular weight is 475 g/mol. The smallest absolute Gasteiger partial charge is 0.257 e. The maximum absolute atomic E-state index is 13.5. The molecule has 11 heteroatoms. The molecule has 1 aliphatic rings. The second kappa shape index (κ2) is 7.89. The zero-order chi connectivity index (χ0) is 23.4. The van der Waals surface area contributed by atoms with Crippen LogP contribution in [0.15, 0.2) is 41.2 Å². The highest BCUT2D eigenvalue weighted by atomic mass is 32.1. The highest BCUT2D eigenvalue weighted by molar-refractivity contribution is 7.22. The Morgan fingerprint density at radius 1 is 1.26 bits per heavy atom. The Labute approximate surface area is 198 Å². The second-order valence-electron chi connectivity index (χ2n) is 8.34. The van der Waals surface area contributed by atoms with Crippen LogP contribution in [0.2, 0.25) is 0 Å². The molecule has 4 aromatic heterocycles. The van der Waals surface area contributed by atoms with Crippen LogP contribution >= 0.6 is 11.3 Å². The quantitative estimate of drug-likeness (QED) is 0.404. The molecule has 172 valence electrons. The molecule has 4 N–H and O–H groups in total. The second-order valence-corrected chi connectivity index (χ2v) is 9.43. The van der Waals surface area contributed by atoms with Gasteiger partial charge >= 0.3 is 0 Å². The fraction of sp³-hybridized carbons (Fsp3) is 0.261. The lowest BCUT2D eigenvalue weighted by Crippen LogP contribution is -2.32. The van der Waals surface area contributed by atoms with Gasteiger partial charge in [-0.15, -0.1) is 11.3 Å². The van der Waals surface area contributed by atoms with Crippen molar-refractivity contribution < 1.29 is 9.42 Å². The predicted octanol–water partition coefficient (Wildman–Crippen LogP) is 3.14. The summed E-state index contributed by atoms with van der Waals surface area (Å²) in [6.07, 6.45) is 2.43. The van der Waals surface area contributed by atoms with Gasteiger partial charge in [-0.05, 0) is 41.2 Å². The van der Waals surface area contributed by atoms with Crippen molar-refractivity contribution in [2.45, 2.75) is 25.9 Å². The van der Waals surface area contributed by atoms with Crippen molar-refractivity contribution in [2.75, 3.05) is 18.8 Å². The molecule has 1 unspecified atom stereocenters. The van der Waals surface area contributed by atoms with Crippen molar-refractivity contribution >= 4 is 44.2 Å². The van der Waals surface area contributed by atoms with Crippen molar-refractivity contribution in [3.63, 3.8) is 0 Å². The number of benzene rings is 1. The van der Waals surface area contributed by atoms with Crippen LogP contribution in [-0.2, 0) is 6.54 Å². The third-order valence-corrected chi connectivity index (χ3v) is 7.34. The number of hydrogen-bond donors (Lipinski definition) is 2. The van der Waals surface area contributed by atoms with E-state index < -0.39 is 0 Å². The number of aromatic nitrogens is 5. The summed E-state index contributed by atoms with van der Waals surface area (Å²) in [5.41, 5.74) is 14.9. The van der Waals surface area contributed by atoms with Crippen molar-refractivity contribution in [3.05, 3.63) is 42.1 Å². The summed E-state index contributed by atoms with van der Waals surface area (Å²) in [7, 11) is 0. The Hall–Kier alpha value is -3.83. The van der Waals surface area contributed by atoms with Crippen LogP contribution in [0.3, 0.4) is 0 Å². The Bertz CT molecular complexity index is 1520. The number of carbonyl (C=O) groups is 1. The Balaban J connectivity index is 1.62. The Kier molecular flexibility index (Phi) is 4.82. The standard InChI is InChI=1S/C23H22N8O2S/c1-2-31-20-14(23(32)30-8-7-13(24)11-30)10-26-17(16-9-12-5-3-4-6-15(12)34-16)18(20)27-22(31)19-21(25)29-33-28-19/h3-6,9-10,13H,2,7-8,11,24H2,1H3,(H2,25,29). The number of nitrogens with zero attached hydrogens (tertiary/aromatic N) is 6. The van der Waals surface area contributed by atoms with E-state index in [0.717, 1.165) is 21.4 Å². The van der Waals surface area contributed by atoms with Gasteiger partial charge in [0.15, 0.2) is 17.3 Å². The molecule has 1 aliphatic heterocycles. The van der Waals surface area contributed by atoms with Gasteiger partial charge in [0.25, 0.3) is 5.91 Å². The number of amides is 1. The van der Waals surface area contributed by atoms with Gasteiger partial charge in [0.05, 0.1) is 16.0 Å².